The van der Waals surface area contributed by atoms with Crippen LogP contribution in [0.5, 0.6) is 0 Å². The van der Waals surface area contributed by atoms with E-state index in [1.165, 1.54) is 0 Å². The van der Waals surface area contributed by atoms with E-state index in [2.05, 4.69) is 10.2 Å². The first kappa shape index (κ1) is 12.1. The molecule has 1 rings (SSSR count). The molecular formula is C9H20N2O2S. The number of rotatable bonds is 5. The van der Waals surface area contributed by atoms with E-state index in [-0.39, 0.29) is 6.10 Å². The van der Waals surface area contributed by atoms with Crippen LogP contribution in [-0.4, -0.2) is 64.5 Å². The molecule has 0 aromatic rings. The number of aliphatic hydroxyl groups excluding tert-OH is 1. The Bertz CT molecular complexity index is 180. The number of hydrogen-bond acceptors (Lipinski definition) is 4. The average Bonchev–Trinajstić information content (AvgIpc) is 2.18. The number of nitrogens with zero attached hydrogens (tertiary/aromatic N) is 1. The SMILES string of the molecule is CCNCC(O)CN1CCS(=O)CC1. The third-order valence-electron chi connectivity index (χ3n) is 2.37. The van der Waals surface area contributed by atoms with Crippen LogP contribution in [0.15, 0.2) is 0 Å². The summed E-state index contributed by atoms with van der Waals surface area (Å²) < 4.78 is 11.1. The fraction of sp³-hybridized carbons (Fsp3) is 1.00. The number of β-amino-alcohol motifs (C(OH)–C–C–N with tert-alkyl or cyclic N) is 1. The molecule has 0 aromatic heterocycles. The molecule has 2 N–H and O–H groups in total. The molecule has 0 bridgehead atoms. The molecule has 14 heavy (non-hydrogen) atoms. The van der Waals surface area contributed by atoms with Crippen LogP contribution >= 0.6 is 0 Å². The largest absolute Gasteiger partial charge is 0.390 e. The summed E-state index contributed by atoms with van der Waals surface area (Å²) in [6, 6.07) is 0. The van der Waals surface area contributed by atoms with E-state index >= 15 is 0 Å². The Morgan fingerprint density at radius 2 is 2.14 bits per heavy atom. The second-order valence-electron chi connectivity index (χ2n) is 3.61. The van der Waals surface area contributed by atoms with Crippen molar-refractivity contribution in [1.29, 1.82) is 0 Å². The summed E-state index contributed by atoms with van der Waals surface area (Å²) in [5.74, 6) is 1.52. The summed E-state index contributed by atoms with van der Waals surface area (Å²) in [6.07, 6.45) is -0.304. The van der Waals surface area contributed by atoms with Crippen molar-refractivity contribution in [3.8, 4) is 0 Å². The van der Waals surface area contributed by atoms with Crippen LogP contribution in [0.2, 0.25) is 0 Å². The molecule has 0 spiro atoms. The van der Waals surface area contributed by atoms with Gasteiger partial charge < -0.3 is 10.4 Å². The van der Waals surface area contributed by atoms with Gasteiger partial charge in [0.2, 0.25) is 0 Å². The van der Waals surface area contributed by atoms with Crippen LogP contribution in [0, 0.1) is 0 Å². The van der Waals surface area contributed by atoms with Gasteiger partial charge in [0.25, 0.3) is 0 Å². The smallest absolute Gasteiger partial charge is 0.0791 e. The molecule has 0 aliphatic carbocycles. The van der Waals surface area contributed by atoms with E-state index in [1.54, 1.807) is 0 Å². The molecule has 5 heteroatoms. The van der Waals surface area contributed by atoms with Gasteiger partial charge in [-0.3, -0.25) is 9.11 Å². The Balaban J connectivity index is 2.13. The predicted octanol–water partition coefficient (Wildman–Crippen LogP) is -0.979. The van der Waals surface area contributed by atoms with Crippen LogP contribution in [0.4, 0.5) is 0 Å². The van der Waals surface area contributed by atoms with Crippen LogP contribution in [0.25, 0.3) is 0 Å². The van der Waals surface area contributed by atoms with Gasteiger partial charge in [-0.25, -0.2) is 0 Å². The first-order valence-electron chi connectivity index (χ1n) is 5.18. The third-order valence-corrected chi connectivity index (χ3v) is 3.65. The van der Waals surface area contributed by atoms with Crippen molar-refractivity contribution in [2.45, 2.75) is 13.0 Å². The van der Waals surface area contributed by atoms with Crippen LogP contribution < -0.4 is 5.32 Å². The molecule has 1 heterocycles. The Kier molecular flexibility index (Phi) is 5.62. The summed E-state index contributed by atoms with van der Waals surface area (Å²) in [7, 11) is -0.620. The van der Waals surface area contributed by atoms with Gasteiger partial charge in [0.1, 0.15) is 0 Å². The standard InChI is InChI=1S/C9H20N2O2S/c1-2-10-7-9(12)8-11-3-5-14(13)6-4-11/h9-10,12H,2-8H2,1H3. The minimum Gasteiger partial charge on any atom is -0.390 e. The van der Waals surface area contributed by atoms with Gasteiger partial charge in [0.15, 0.2) is 0 Å². The van der Waals surface area contributed by atoms with Crippen molar-refractivity contribution in [3.05, 3.63) is 0 Å². The summed E-state index contributed by atoms with van der Waals surface area (Å²) in [5.41, 5.74) is 0. The van der Waals surface area contributed by atoms with Gasteiger partial charge in [-0.1, -0.05) is 6.92 Å². The van der Waals surface area contributed by atoms with E-state index in [4.69, 9.17) is 0 Å². The molecule has 0 aromatic carbocycles. The zero-order valence-corrected chi connectivity index (χ0v) is 9.55. The lowest BCUT2D eigenvalue weighted by Crippen LogP contribution is -2.44. The molecule has 1 aliphatic rings. The van der Waals surface area contributed by atoms with Crippen molar-refractivity contribution in [3.63, 3.8) is 0 Å². The van der Waals surface area contributed by atoms with E-state index in [1.807, 2.05) is 6.92 Å². The summed E-state index contributed by atoms with van der Waals surface area (Å²) >= 11 is 0. The highest BCUT2D eigenvalue weighted by molar-refractivity contribution is 7.85. The van der Waals surface area contributed by atoms with E-state index in [9.17, 15) is 9.32 Å². The van der Waals surface area contributed by atoms with Crippen molar-refractivity contribution < 1.29 is 9.32 Å². The van der Waals surface area contributed by atoms with Gasteiger partial charge in [-0.15, -0.1) is 0 Å². The maximum absolute atomic E-state index is 11.1. The molecule has 0 saturated carbocycles. The molecule has 1 unspecified atom stereocenters. The van der Waals surface area contributed by atoms with Crippen molar-refractivity contribution in [2.75, 3.05) is 44.2 Å². The minimum absolute atomic E-state index is 0.304. The zero-order valence-electron chi connectivity index (χ0n) is 8.74. The van der Waals surface area contributed by atoms with Gasteiger partial charge in [0, 0.05) is 48.5 Å². The minimum atomic E-state index is -0.620. The maximum atomic E-state index is 11.1. The molecule has 0 radical (unpaired) electrons. The highest BCUT2D eigenvalue weighted by Gasteiger charge is 2.17. The topological polar surface area (TPSA) is 52.6 Å². The molecule has 0 amide bonds. The molecular weight excluding hydrogens is 200 g/mol. The maximum Gasteiger partial charge on any atom is 0.0791 e. The van der Waals surface area contributed by atoms with Crippen molar-refractivity contribution >= 4 is 10.8 Å². The fourth-order valence-corrected chi connectivity index (χ4v) is 2.66. The van der Waals surface area contributed by atoms with E-state index in [0.29, 0.717) is 13.1 Å². The van der Waals surface area contributed by atoms with E-state index < -0.39 is 10.8 Å². The third kappa shape index (κ3) is 4.50. The number of hydrogen-bond donors (Lipinski definition) is 2. The van der Waals surface area contributed by atoms with E-state index in [0.717, 1.165) is 31.1 Å². The molecule has 4 nitrogen and oxygen atoms in total. The summed E-state index contributed by atoms with van der Waals surface area (Å²) in [5, 5.41) is 12.7. The highest BCUT2D eigenvalue weighted by atomic mass is 32.2. The zero-order chi connectivity index (χ0) is 10.4. The lowest BCUT2D eigenvalue weighted by Gasteiger charge is -2.28. The molecule has 1 aliphatic heterocycles. The highest BCUT2D eigenvalue weighted by Crippen LogP contribution is 2.00. The fourth-order valence-electron chi connectivity index (χ4n) is 1.53. The van der Waals surface area contributed by atoms with Crippen LogP contribution in [-0.2, 0) is 10.8 Å². The first-order valence-corrected chi connectivity index (χ1v) is 6.67. The molecule has 1 saturated heterocycles. The number of nitrogens with one attached hydrogen (secondary N) is 1. The van der Waals surface area contributed by atoms with Gasteiger partial charge in [0.05, 0.1) is 6.10 Å². The lowest BCUT2D eigenvalue weighted by molar-refractivity contribution is 0.117. The van der Waals surface area contributed by atoms with Gasteiger partial charge >= 0.3 is 0 Å². The Hall–Kier alpha value is 0.0300. The Labute approximate surface area is 88.1 Å². The van der Waals surface area contributed by atoms with Crippen LogP contribution in [0.1, 0.15) is 6.92 Å². The normalized spacial score (nSPS) is 22.4. The molecule has 1 atom stereocenters. The number of likely N-dealkylation sites (N-methyl/N-ethyl adjacent to an activating group) is 1. The molecule has 84 valence electrons. The Morgan fingerprint density at radius 3 is 2.71 bits per heavy atom. The second-order valence-corrected chi connectivity index (χ2v) is 5.31. The van der Waals surface area contributed by atoms with Gasteiger partial charge in [-0.05, 0) is 6.54 Å². The second kappa shape index (κ2) is 6.50. The summed E-state index contributed by atoms with van der Waals surface area (Å²) in [6.45, 7) is 5.98. The average molecular weight is 220 g/mol. The monoisotopic (exact) mass is 220 g/mol. The lowest BCUT2D eigenvalue weighted by atomic mass is 10.3. The van der Waals surface area contributed by atoms with Gasteiger partial charge in [-0.2, -0.15) is 0 Å². The molecule has 1 fully saturated rings. The first-order chi connectivity index (χ1) is 6.72. The number of aliphatic hydroxyl groups is 1. The van der Waals surface area contributed by atoms with Crippen molar-refractivity contribution in [1.82, 2.24) is 10.2 Å². The predicted molar refractivity (Wildman–Crippen MR) is 58.9 cm³/mol. The van der Waals surface area contributed by atoms with Crippen molar-refractivity contribution in [2.24, 2.45) is 0 Å². The quantitative estimate of drug-likeness (QED) is 0.625. The van der Waals surface area contributed by atoms with Crippen LogP contribution in [0.3, 0.4) is 0 Å². The summed E-state index contributed by atoms with van der Waals surface area (Å²) in [4.78, 5) is 2.18. The Morgan fingerprint density at radius 1 is 1.50 bits per heavy atom.